The molecular weight excluding hydrogens is 284 g/mol. The van der Waals surface area contributed by atoms with E-state index in [1.807, 2.05) is 37.5 Å². The first-order valence-electron chi connectivity index (χ1n) is 7.52. The summed E-state index contributed by atoms with van der Waals surface area (Å²) in [5, 5.41) is 0. The Kier molecular flexibility index (Phi) is 3.89. The van der Waals surface area contributed by atoms with Crippen molar-refractivity contribution < 1.29 is 0 Å². The van der Waals surface area contributed by atoms with Gasteiger partial charge in [0.15, 0.2) is 0 Å². The van der Waals surface area contributed by atoms with Crippen LogP contribution in [0.15, 0.2) is 66.6 Å². The number of imidazole rings is 1. The molecule has 0 amide bonds. The maximum Gasteiger partial charge on any atom is 0.137 e. The number of pyridine rings is 1. The summed E-state index contributed by atoms with van der Waals surface area (Å²) < 4.78 is 2.06. The van der Waals surface area contributed by atoms with Gasteiger partial charge in [0, 0.05) is 28.7 Å². The second-order valence-electron chi connectivity index (χ2n) is 5.54. The summed E-state index contributed by atoms with van der Waals surface area (Å²) in [6.07, 6.45) is 7.45. The first-order chi connectivity index (χ1) is 11.1. The van der Waals surface area contributed by atoms with Crippen molar-refractivity contribution in [3.63, 3.8) is 0 Å². The van der Waals surface area contributed by atoms with E-state index in [-0.39, 0.29) is 0 Å². The largest absolute Gasteiger partial charge is 0.399 e. The standard InChI is InChI=1S/C19H20N4/c1-3-16(20)11-17(21)14-7-8-23-18(12-22-19(23)10-14)15-6-4-5-13(2)9-15/h3-12H,20-21H2,1-2H3/b16-3+,17-11-. The van der Waals surface area contributed by atoms with Gasteiger partial charge in [-0.25, -0.2) is 4.98 Å². The SMILES string of the molecule is C/C=C(N)\C=C(/N)c1ccn2c(-c3cccc(C)c3)cnc2c1. The van der Waals surface area contributed by atoms with Gasteiger partial charge < -0.3 is 11.5 Å². The van der Waals surface area contributed by atoms with Crippen LogP contribution in [-0.4, -0.2) is 9.38 Å². The third-order valence-corrected chi connectivity index (χ3v) is 3.82. The third-order valence-electron chi connectivity index (χ3n) is 3.82. The van der Waals surface area contributed by atoms with Crippen LogP contribution in [0.2, 0.25) is 0 Å². The molecule has 0 bridgehead atoms. The molecule has 0 radical (unpaired) electrons. The number of aryl methyl sites for hydroxylation is 1. The normalized spacial score (nSPS) is 12.8. The molecule has 1 aromatic carbocycles. The minimum Gasteiger partial charge on any atom is -0.399 e. The molecule has 116 valence electrons. The molecule has 0 aliphatic heterocycles. The predicted molar refractivity (Wildman–Crippen MR) is 95.5 cm³/mol. The minimum absolute atomic E-state index is 0.628. The van der Waals surface area contributed by atoms with Gasteiger partial charge in [0.25, 0.3) is 0 Å². The Morgan fingerprint density at radius 1 is 1.17 bits per heavy atom. The lowest BCUT2D eigenvalue weighted by Gasteiger charge is -2.06. The van der Waals surface area contributed by atoms with Gasteiger partial charge in [0.2, 0.25) is 0 Å². The Morgan fingerprint density at radius 2 is 2.00 bits per heavy atom. The van der Waals surface area contributed by atoms with Gasteiger partial charge in [-0.15, -0.1) is 0 Å². The van der Waals surface area contributed by atoms with Crippen molar-refractivity contribution in [2.24, 2.45) is 11.5 Å². The molecule has 3 aromatic rings. The Hall–Kier alpha value is -3.01. The number of nitrogens with two attached hydrogens (primary N) is 2. The van der Waals surface area contributed by atoms with E-state index in [4.69, 9.17) is 11.5 Å². The number of nitrogens with zero attached hydrogens (tertiary/aromatic N) is 2. The van der Waals surface area contributed by atoms with Crippen molar-refractivity contribution in [1.82, 2.24) is 9.38 Å². The van der Waals surface area contributed by atoms with Crippen molar-refractivity contribution in [2.45, 2.75) is 13.8 Å². The van der Waals surface area contributed by atoms with E-state index >= 15 is 0 Å². The van der Waals surface area contributed by atoms with Crippen molar-refractivity contribution in [1.29, 1.82) is 0 Å². The fourth-order valence-electron chi connectivity index (χ4n) is 2.52. The number of allylic oxidation sites excluding steroid dienone is 2. The first-order valence-corrected chi connectivity index (χ1v) is 7.52. The van der Waals surface area contributed by atoms with Crippen LogP contribution in [0.5, 0.6) is 0 Å². The van der Waals surface area contributed by atoms with Crippen LogP contribution in [0.25, 0.3) is 22.6 Å². The van der Waals surface area contributed by atoms with Crippen molar-refractivity contribution in [3.8, 4) is 11.3 Å². The van der Waals surface area contributed by atoms with Crippen LogP contribution in [0.3, 0.4) is 0 Å². The van der Waals surface area contributed by atoms with E-state index in [0.717, 1.165) is 22.5 Å². The molecule has 4 N–H and O–H groups in total. The number of aromatic nitrogens is 2. The highest BCUT2D eigenvalue weighted by Gasteiger charge is 2.07. The summed E-state index contributed by atoms with van der Waals surface area (Å²) >= 11 is 0. The summed E-state index contributed by atoms with van der Waals surface area (Å²) in [4.78, 5) is 4.50. The lowest BCUT2D eigenvalue weighted by Crippen LogP contribution is -2.01. The summed E-state index contributed by atoms with van der Waals surface area (Å²) in [5.41, 5.74) is 18.4. The summed E-state index contributed by atoms with van der Waals surface area (Å²) in [6, 6.07) is 12.3. The number of hydrogen-bond acceptors (Lipinski definition) is 3. The molecule has 0 aliphatic rings. The zero-order chi connectivity index (χ0) is 16.4. The van der Waals surface area contributed by atoms with Gasteiger partial charge in [-0.3, -0.25) is 4.40 Å². The summed E-state index contributed by atoms with van der Waals surface area (Å²) in [5.74, 6) is 0. The number of rotatable bonds is 3. The molecule has 4 heteroatoms. The van der Waals surface area contributed by atoms with Crippen LogP contribution < -0.4 is 11.5 Å². The van der Waals surface area contributed by atoms with E-state index in [2.05, 4.69) is 40.6 Å². The van der Waals surface area contributed by atoms with Crippen LogP contribution in [-0.2, 0) is 0 Å². The quantitative estimate of drug-likeness (QED) is 0.728. The van der Waals surface area contributed by atoms with Crippen LogP contribution in [0.1, 0.15) is 18.1 Å². The van der Waals surface area contributed by atoms with E-state index in [9.17, 15) is 0 Å². The average molecular weight is 304 g/mol. The first kappa shape index (κ1) is 14.9. The summed E-state index contributed by atoms with van der Waals surface area (Å²) in [7, 11) is 0. The molecule has 0 fully saturated rings. The van der Waals surface area contributed by atoms with Crippen molar-refractivity contribution in [3.05, 3.63) is 77.8 Å². The fourth-order valence-corrected chi connectivity index (χ4v) is 2.52. The zero-order valence-electron chi connectivity index (χ0n) is 13.3. The van der Waals surface area contributed by atoms with Gasteiger partial charge >= 0.3 is 0 Å². The molecule has 2 heterocycles. The number of hydrogen-bond donors (Lipinski definition) is 2. The maximum absolute atomic E-state index is 6.10. The van der Waals surface area contributed by atoms with Gasteiger partial charge in [-0.05, 0) is 38.1 Å². The zero-order valence-corrected chi connectivity index (χ0v) is 13.3. The predicted octanol–water partition coefficient (Wildman–Crippen LogP) is 3.47. The second kappa shape index (κ2) is 6.01. The highest BCUT2D eigenvalue weighted by atomic mass is 15.0. The smallest absolute Gasteiger partial charge is 0.137 e. The molecule has 0 saturated heterocycles. The van der Waals surface area contributed by atoms with Crippen LogP contribution in [0, 0.1) is 6.92 Å². The van der Waals surface area contributed by atoms with Crippen LogP contribution in [0.4, 0.5) is 0 Å². The average Bonchev–Trinajstić information content (AvgIpc) is 2.97. The number of fused-ring (bicyclic) bond motifs is 1. The lowest BCUT2D eigenvalue weighted by molar-refractivity contribution is 1.18. The molecule has 0 saturated carbocycles. The van der Waals surface area contributed by atoms with Gasteiger partial charge in [0.05, 0.1) is 11.9 Å². The molecule has 2 aromatic heterocycles. The Bertz CT molecular complexity index is 916. The highest BCUT2D eigenvalue weighted by Crippen LogP contribution is 2.23. The fraction of sp³-hybridized carbons (Fsp3) is 0.105. The molecule has 3 rings (SSSR count). The van der Waals surface area contributed by atoms with Gasteiger partial charge in [0.1, 0.15) is 5.65 Å². The lowest BCUT2D eigenvalue weighted by atomic mass is 10.1. The monoisotopic (exact) mass is 304 g/mol. The van der Waals surface area contributed by atoms with E-state index in [1.54, 1.807) is 6.08 Å². The Labute approximate surface area is 135 Å². The maximum atomic E-state index is 6.10. The molecule has 0 aliphatic carbocycles. The van der Waals surface area contributed by atoms with Crippen LogP contribution >= 0.6 is 0 Å². The van der Waals surface area contributed by atoms with Crippen molar-refractivity contribution in [2.75, 3.05) is 0 Å². The third kappa shape index (κ3) is 2.97. The molecule has 23 heavy (non-hydrogen) atoms. The summed E-state index contributed by atoms with van der Waals surface area (Å²) in [6.45, 7) is 3.97. The molecular formula is C19H20N4. The highest BCUT2D eigenvalue weighted by molar-refractivity contribution is 5.70. The van der Waals surface area contributed by atoms with E-state index < -0.39 is 0 Å². The minimum atomic E-state index is 0.628. The Morgan fingerprint density at radius 3 is 2.74 bits per heavy atom. The van der Waals surface area contributed by atoms with E-state index in [0.29, 0.717) is 11.4 Å². The molecule has 0 atom stereocenters. The molecule has 0 spiro atoms. The van der Waals surface area contributed by atoms with Gasteiger partial charge in [-0.1, -0.05) is 29.8 Å². The number of benzene rings is 1. The second-order valence-corrected chi connectivity index (χ2v) is 5.54. The Balaban J connectivity index is 2.06. The topological polar surface area (TPSA) is 69.3 Å². The van der Waals surface area contributed by atoms with E-state index in [1.165, 1.54) is 5.56 Å². The van der Waals surface area contributed by atoms with Gasteiger partial charge in [-0.2, -0.15) is 0 Å². The molecule has 4 nitrogen and oxygen atoms in total. The van der Waals surface area contributed by atoms with Crippen molar-refractivity contribution >= 4 is 11.3 Å². The molecule has 0 unspecified atom stereocenters.